The normalized spacial score (nSPS) is 10.0. The summed E-state index contributed by atoms with van der Waals surface area (Å²) in [5.74, 6) is 0.472. The molecule has 0 heterocycles. The number of benzene rings is 2. The van der Waals surface area contributed by atoms with Crippen LogP contribution in [0.25, 0.3) is 0 Å². The summed E-state index contributed by atoms with van der Waals surface area (Å²) in [5.41, 5.74) is 1.65. The Balaban J connectivity index is 2.05. The topological polar surface area (TPSA) is 52.5 Å². The molecule has 3 N–H and O–H groups in total. The first kappa shape index (κ1) is 10.4. The molecule has 0 atom stereocenters. The fraction of sp³-hybridized carbons (Fsp3) is 0.0769. The molecule has 16 heavy (non-hydrogen) atoms. The van der Waals surface area contributed by atoms with E-state index in [0.717, 1.165) is 5.56 Å². The number of para-hydroxylation sites is 2. The highest BCUT2D eigenvalue weighted by Crippen LogP contribution is 2.22. The second-order valence-corrected chi connectivity index (χ2v) is 3.54. The first-order valence-corrected chi connectivity index (χ1v) is 5.05. The predicted molar refractivity (Wildman–Crippen MR) is 63.5 cm³/mol. The Morgan fingerprint density at radius 2 is 1.75 bits per heavy atom. The molecule has 2 aromatic carbocycles. The molecular formula is C13H13NO2. The first-order valence-electron chi connectivity index (χ1n) is 5.05. The van der Waals surface area contributed by atoms with Crippen LogP contribution in [-0.4, -0.2) is 10.2 Å². The number of phenols is 2. The minimum Gasteiger partial charge on any atom is -0.508 e. The van der Waals surface area contributed by atoms with Crippen molar-refractivity contribution in [1.29, 1.82) is 0 Å². The molecule has 0 bridgehead atoms. The van der Waals surface area contributed by atoms with Crippen LogP contribution in [-0.2, 0) is 6.54 Å². The number of anilines is 1. The van der Waals surface area contributed by atoms with Crippen molar-refractivity contribution in [2.45, 2.75) is 6.54 Å². The maximum absolute atomic E-state index is 9.53. The molecule has 0 spiro atoms. The SMILES string of the molecule is Oc1cccc(CNc2ccccc2O)c1. The van der Waals surface area contributed by atoms with E-state index >= 15 is 0 Å². The minimum atomic E-state index is 0.225. The van der Waals surface area contributed by atoms with Gasteiger partial charge in [-0.1, -0.05) is 24.3 Å². The molecule has 0 amide bonds. The van der Waals surface area contributed by atoms with E-state index < -0.39 is 0 Å². The number of rotatable bonds is 3. The van der Waals surface area contributed by atoms with Gasteiger partial charge in [-0.05, 0) is 29.8 Å². The van der Waals surface area contributed by atoms with Gasteiger partial charge in [0.25, 0.3) is 0 Å². The van der Waals surface area contributed by atoms with Crippen molar-refractivity contribution in [3.63, 3.8) is 0 Å². The Labute approximate surface area is 94.0 Å². The molecule has 0 unspecified atom stereocenters. The van der Waals surface area contributed by atoms with Crippen LogP contribution in [0.1, 0.15) is 5.56 Å². The maximum Gasteiger partial charge on any atom is 0.138 e. The van der Waals surface area contributed by atoms with E-state index in [4.69, 9.17) is 0 Å². The summed E-state index contributed by atoms with van der Waals surface area (Å²) in [6.45, 7) is 0.561. The van der Waals surface area contributed by atoms with Gasteiger partial charge < -0.3 is 15.5 Å². The molecule has 2 aromatic rings. The van der Waals surface area contributed by atoms with Gasteiger partial charge in [-0.3, -0.25) is 0 Å². The van der Waals surface area contributed by atoms with Crippen LogP contribution >= 0.6 is 0 Å². The third-order valence-corrected chi connectivity index (χ3v) is 2.30. The lowest BCUT2D eigenvalue weighted by Crippen LogP contribution is -1.99. The molecule has 0 fully saturated rings. The fourth-order valence-corrected chi connectivity index (χ4v) is 1.49. The minimum absolute atomic E-state index is 0.225. The third kappa shape index (κ3) is 2.45. The zero-order valence-corrected chi connectivity index (χ0v) is 8.72. The Hall–Kier alpha value is -2.16. The van der Waals surface area contributed by atoms with Crippen LogP contribution < -0.4 is 5.32 Å². The molecular weight excluding hydrogens is 202 g/mol. The van der Waals surface area contributed by atoms with Crippen molar-refractivity contribution in [2.24, 2.45) is 0 Å². The summed E-state index contributed by atoms with van der Waals surface area (Å²) in [6, 6.07) is 14.1. The van der Waals surface area contributed by atoms with Gasteiger partial charge in [-0.2, -0.15) is 0 Å². The molecule has 0 saturated carbocycles. The molecule has 3 nitrogen and oxygen atoms in total. The van der Waals surface area contributed by atoms with Crippen molar-refractivity contribution in [2.75, 3.05) is 5.32 Å². The van der Waals surface area contributed by atoms with Gasteiger partial charge in [0, 0.05) is 6.54 Å². The fourth-order valence-electron chi connectivity index (χ4n) is 1.49. The lowest BCUT2D eigenvalue weighted by molar-refractivity contribution is 0.474. The van der Waals surface area contributed by atoms with E-state index in [0.29, 0.717) is 12.2 Å². The van der Waals surface area contributed by atoms with Crippen LogP contribution in [0.4, 0.5) is 5.69 Å². The largest absolute Gasteiger partial charge is 0.508 e. The number of aromatic hydroxyl groups is 2. The summed E-state index contributed by atoms with van der Waals surface area (Å²) in [6.07, 6.45) is 0. The van der Waals surface area contributed by atoms with Crippen molar-refractivity contribution in [1.82, 2.24) is 0 Å². The zero-order chi connectivity index (χ0) is 11.4. The van der Waals surface area contributed by atoms with Gasteiger partial charge in [0.05, 0.1) is 5.69 Å². The number of nitrogens with one attached hydrogen (secondary N) is 1. The second kappa shape index (κ2) is 4.57. The van der Waals surface area contributed by atoms with Gasteiger partial charge in [-0.15, -0.1) is 0 Å². The monoisotopic (exact) mass is 215 g/mol. The van der Waals surface area contributed by atoms with Gasteiger partial charge in [-0.25, -0.2) is 0 Å². The summed E-state index contributed by atoms with van der Waals surface area (Å²) < 4.78 is 0. The summed E-state index contributed by atoms with van der Waals surface area (Å²) in [5, 5.41) is 21.9. The number of phenolic OH excluding ortho intramolecular Hbond substituents is 2. The summed E-state index contributed by atoms with van der Waals surface area (Å²) in [7, 11) is 0. The molecule has 0 aliphatic carbocycles. The first-order chi connectivity index (χ1) is 7.75. The van der Waals surface area contributed by atoms with Crippen LogP contribution in [0.5, 0.6) is 11.5 Å². The number of hydrogen-bond donors (Lipinski definition) is 3. The lowest BCUT2D eigenvalue weighted by atomic mass is 10.2. The molecule has 82 valence electrons. The van der Waals surface area contributed by atoms with E-state index in [-0.39, 0.29) is 11.5 Å². The van der Waals surface area contributed by atoms with E-state index in [9.17, 15) is 10.2 Å². The predicted octanol–water partition coefficient (Wildman–Crippen LogP) is 2.71. The van der Waals surface area contributed by atoms with Crippen LogP contribution in [0.3, 0.4) is 0 Å². The van der Waals surface area contributed by atoms with Crippen molar-refractivity contribution in [3.8, 4) is 11.5 Å². The number of hydrogen-bond acceptors (Lipinski definition) is 3. The molecule has 2 rings (SSSR count). The van der Waals surface area contributed by atoms with Gasteiger partial charge in [0.15, 0.2) is 0 Å². The third-order valence-electron chi connectivity index (χ3n) is 2.30. The highest BCUT2D eigenvalue weighted by atomic mass is 16.3. The van der Waals surface area contributed by atoms with E-state index in [1.807, 2.05) is 12.1 Å². The smallest absolute Gasteiger partial charge is 0.138 e. The average molecular weight is 215 g/mol. The molecule has 3 heteroatoms. The quantitative estimate of drug-likeness (QED) is 0.690. The van der Waals surface area contributed by atoms with Crippen LogP contribution in [0, 0.1) is 0 Å². The zero-order valence-electron chi connectivity index (χ0n) is 8.72. The Morgan fingerprint density at radius 1 is 0.938 bits per heavy atom. The molecule has 0 saturated heterocycles. The standard InChI is InChI=1S/C13H13NO2/c15-11-5-3-4-10(8-11)9-14-12-6-1-2-7-13(12)16/h1-8,14-16H,9H2. The lowest BCUT2D eigenvalue weighted by Gasteiger charge is -2.08. The van der Waals surface area contributed by atoms with Crippen molar-refractivity contribution < 1.29 is 10.2 Å². The second-order valence-electron chi connectivity index (χ2n) is 3.54. The Bertz CT molecular complexity index is 483. The maximum atomic E-state index is 9.53. The summed E-state index contributed by atoms with van der Waals surface area (Å²) in [4.78, 5) is 0. The Morgan fingerprint density at radius 3 is 2.50 bits per heavy atom. The summed E-state index contributed by atoms with van der Waals surface area (Å²) >= 11 is 0. The molecule has 0 aliphatic heterocycles. The molecule has 0 radical (unpaired) electrons. The van der Waals surface area contributed by atoms with Gasteiger partial charge in [0.1, 0.15) is 11.5 Å². The van der Waals surface area contributed by atoms with E-state index in [1.165, 1.54) is 0 Å². The van der Waals surface area contributed by atoms with E-state index in [1.54, 1.807) is 36.4 Å². The van der Waals surface area contributed by atoms with Crippen LogP contribution in [0.2, 0.25) is 0 Å². The molecule has 0 aliphatic rings. The Kier molecular flexibility index (Phi) is 2.96. The highest BCUT2D eigenvalue weighted by molar-refractivity contribution is 5.55. The van der Waals surface area contributed by atoms with Gasteiger partial charge in [0.2, 0.25) is 0 Å². The molecule has 0 aromatic heterocycles. The van der Waals surface area contributed by atoms with Crippen molar-refractivity contribution in [3.05, 3.63) is 54.1 Å². The average Bonchev–Trinajstić information content (AvgIpc) is 2.28. The highest BCUT2D eigenvalue weighted by Gasteiger charge is 1.99. The van der Waals surface area contributed by atoms with Crippen LogP contribution in [0.15, 0.2) is 48.5 Å². The van der Waals surface area contributed by atoms with E-state index in [2.05, 4.69) is 5.32 Å². The van der Waals surface area contributed by atoms with Gasteiger partial charge >= 0.3 is 0 Å². The van der Waals surface area contributed by atoms with Crippen molar-refractivity contribution >= 4 is 5.69 Å².